The van der Waals surface area contributed by atoms with Gasteiger partial charge in [0.1, 0.15) is 17.0 Å². The van der Waals surface area contributed by atoms with Gasteiger partial charge in [-0.3, -0.25) is 19.4 Å². The number of rotatable bonds is 5. The van der Waals surface area contributed by atoms with Crippen molar-refractivity contribution in [2.45, 2.75) is 64.5 Å². The van der Waals surface area contributed by atoms with E-state index in [1.54, 1.807) is 34.6 Å². The Morgan fingerprint density at radius 1 is 1.27 bits per heavy atom. The Labute approximate surface area is 217 Å². The molecule has 2 saturated heterocycles. The third-order valence-electron chi connectivity index (χ3n) is 7.79. The number of carbonyl (C=O) groups is 3. The van der Waals surface area contributed by atoms with Gasteiger partial charge in [0.2, 0.25) is 11.8 Å². The van der Waals surface area contributed by atoms with Gasteiger partial charge in [0.15, 0.2) is 0 Å². The first kappa shape index (κ1) is 26.9. The molecule has 9 heteroatoms. The number of hydrogen-bond donors (Lipinski definition) is 2. The lowest BCUT2D eigenvalue weighted by molar-refractivity contribution is -0.135. The summed E-state index contributed by atoms with van der Waals surface area (Å²) in [6.07, 6.45) is 1.34. The van der Waals surface area contributed by atoms with Crippen LogP contribution in [-0.4, -0.2) is 58.5 Å². The van der Waals surface area contributed by atoms with E-state index >= 15 is 4.39 Å². The minimum Gasteiger partial charge on any atom is -0.443 e. The van der Waals surface area contributed by atoms with E-state index in [1.807, 2.05) is 35.2 Å². The zero-order chi connectivity index (χ0) is 27.1. The average molecular weight is 513 g/mol. The van der Waals surface area contributed by atoms with Crippen LogP contribution in [0, 0.1) is 11.8 Å². The van der Waals surface area contributed by atoms with E-state index < -0.39 is 40.8 Å². The summed E-state index contributed by atoms with van der Waals surface area (Å²) < 4.78 is 20.7. The van der Waals surface area contributed by atoms with Gasteiger partial charge in [-0.25, -0.2) is 9.18 Å². The van der Waals surface area contributed by atoms with E-state index in [4.69, 9.17) is 10.5 Å². The second kappa shape index (κ2) is 9.93. The van der Waals surface area contributed by atoms with Crippen molar-refractivity contribution in [3.63, 3.8) is 0 Å². The molecule has 4 atom stereocenters. The van der Waals surface area contributed by atoms with E-state index in [0.717, 1.165) is 5.56 Å². The van der Waals surface area contributed by atoms with Crippen molar-refractivity contribution >= 4 is 17.9 Å². The van der Waals surface area contributed by atoms with Crippen LogP contribution in [0.15, 0.2) is 53.6 Å². The second-order valence-corrected chi connectivity index (χ2v) is 11.2. The lowest BCUT2D eigenvalue weighted by Crippen LogP contribution is -2.60. The van der Waals surface area contributed by atoms with Crippen molar-refractivity contribution in [1.29, 1.82) is 0 Å². The molecule has 0 spiro atoms. The molecular formula is C28H37FN4O4. The number of nitrogens with two attached hydrogens (primary N) is 1. The molecule has 2 heterocycles. The van der Waals surface area contributed by atoms with Crippen molar-refractivity contribution in [3.8, 4) is 0 Å². The second-order valence-electron chi connectivity index (χ2n) is 11.2. The van der Waals surface area contributed by atoms with Crippen molar-refractivity contribution in [3.05, 3.63) is 59.2 Å². The van der Waals surface area contributed by atoms with Gasteiger partial charge in [-0.05, 0) is 65.1 Å². The molecule has 37 heavy (non-hydrogen) atoms. The van der Waals surface area contributed by atoms with Crippen molar-refractivity contribution < 1.29 is 23.5 Å². The normalized spacial score (nSPS) is 28.3. The van der Waals surface area contributed by atoms with Gasteiger partial charge in [-0.1, -0.05) is 30.3 Å². The maximum Gasteiger partial charge on any atom is 0.414 e. The fourth-order valence-corrected chi connectivity index (χ4v) is 5.86. The fourth-order valence-electron chi connectivity index (χ4n) is 5.86. The molecule has 200 valence electrons. The van der Waals surface area contributed by atoms with Crippen LogP contribution in [0.2, 0.25) is 0 Å². The number of primary amides is 1. The fraction of sp³-hybridized carbons (Fsp3) is 0.536. The van der Waals surface area contributed by atoms with Crippen LogP contribution in [0.4, 0.5) is 9.18 Å². The molecule has 0 radical (unpaired) electrons. The number of piperidine rings is 1. The largest absolute Gasteiger partial charge is 0.443 e. The molecular weight excluding hydrogens is 475 g/mol. The Balaban J connectivity index is 1.67. The quantitative estimate of drug-likeness (QED) is 0.624. The SMILES string of the molecule is CCN(C(=O)OC(C)(C)C)C1=C2NC(=O)[C@@](C)(N3CC[C@@H](c4ccccc4)[C@@H](C(N)=O)C3)C2CC(F)=C1. The van der Waals surface area contributed by atoms with Crippen molar-refractivity contribution in [2.75, 3.05) is 19.6 Å². The maximum absolute atomic E-state index is 15.1. The number of fused-ring (bicyclic) bond motifs is 1. The Kier molecular flexibility index (Phi) is 7.21. The third-order valence-corrected chi connectivity index (χ3v) is 7.79. The van der Waals surface area contributed by atoms with Crippen LogP contribution in [0.3, 0.4) is 0 Å². The van der Waals surface area contributed by atoms with E-state index in [9.17, 15) is 14.4 Å². The number of likely N-dealkylation sites (N-methyl/N-ethyl adjacent to an activating group) is 1. The monoisotopic (exact) mass is 512 g/mol. The molecule has 1 unspecified atom stereocenters. The number of nitrogens with one attached hydrogen (secondary N) is 1. The molecule has 1 aromatic rings. The summed E-state index contributed by atoms with van der Waals surface area (Å²) in [5.41, 5.74) is 5.84. The van der Waals surface area contributed by atoms with Crippen molar-refractivity contribution in [2.24, 2.45) is 17.6 Å². The van der Waals surface area contributed by atoms with Gasteiger partial charge in [0, 0.05) is 31.1 Å². The van der Waals surface area contributed by atoms with Crippen LogP contribution in [0.1, 0.15) is 58.9 Å². The lowest BCUT2D eigenvalue weighted by Gasteiger charge is -2.47. The summed E-state index contributed by atoms with van der Waals surface area (Å²) in [5.74, 6) is -2.23. The van der Waals surface area contributed by atoms with Gasteiger partial charge in [-0.15, -0.1) is 0 Å². The Morgan fingerprint density at radius 3 is 2.54 bits per heavy atom. The lowest BCUT2D eigenvalue weighted by atomic mass is 9.74. The number of nitrogens with zero attached hydrogens (tertiary/aromatic N) is 2. The van der Waals surface area contributed by atoms with Gasteiger partial charge >= 0.3 is 6.09 Å². The summed E-state index contributed by atoms with van der Waals surface area (Å²) in [5, 5.41) is 2.96. The highest BCUT2D eigenvalue weighted by Crippen LogP contribution is 2.47. The Bertz CT molecular complexity index is 1140. The first-order valence-corrected chi connectivity index (χ1v) is 12.9. The van der Waals surface area contributed by atoms with Gasteiger partial charge < -0.3 is 15.8 Å². The average Bonchev–Trinajstić information content (AvgIpc) is 3.09. The molecule has 3 amide bonds. The van der Waals surface area contributed by atoms with Gasteiger partial charge in [-0.2, -0.15) is 0 Å². The number of hydrogen-bond acceptors (Lipinski definition) is 5. The molecule has 0 bridgehead atoms. The topological polar surface area (TPSA) is 105 Å². The Hall–Kier alpha value is -3.20. The molecule has 3 aliphatic rings. The summed E-state index contributed by atoms with van der Waals surface area (Å²) in [7, 11) is 0. The highest BCUT2D eigenvalue weighted by atomic mass is 19.1. The van der Waals surface area contributed by atoms with Crippen LogP contribution < -0.4 is 11.1 Å². The van der Waals surface area contributed by atoms with Gasteiger partial charge in [0.25, 0.3) is 0 Å². The zero-order valence-electron chi connectivity index (χ0n) is 22.2. The minimum atomic E-state index is -1.12. The standard InChI is InChI=1S/C28H37FN4O4/c1-6-33(26(36)37-27(2,3)4)22-15-18(29)14-21-23(22)31-25(35)28(21,5)32-13-12-19(20(16-32)24(30)34)17-10-8-7-9-11-17/h7-11,15,19-21H,6,12-14,16H2,1-5H3,(H2,30,34)(H,31,35)/t19-,20-,21?,28-/m0/s1. The third kappa shape index (κ3) is 5.01. The van der Waals surface area contributed by atoms with Crippen molar-refractivity contribution in [1.82, 2.24) is 15.1 Å². The molecule has 1 aliphatic carbocycles. The predicted octanol–water partition coefficient (Wildman–Crippen LogP) is 3.81. The first-order valence-electron chi connectivity index (χ1n) is 12.9. The highest BCUT2D eigenvalue weighted by Gasteiger charge is 2.57. The van der Waals surface area contributed by atoms with Crippen LogP contribution >= 0.6 is 0 Å². The molecule has 2 aliphatic heterocycles. The summed E-state index contributed by atoms with van der Waals surface area (Å²) in [6.45, 7) is 9.92. The number of halogens is 1. The summed E-state index contributed by atoms with van der Waals surface area (Å²) in [6, 6.07) is 9.78. The van der Waals surface area contributed by atoms with Gasteiger partial charge in [0.05, 0.1) is 11.6 Å². The zero-order valence-corrected chi connectivity index (χ0v) is 22.2. The first-order chi connectivity index (χ1) is 17.4. The molecule has 0 aromatic heterocycles. The smallest absolute Gasteiger partial charge is 0.414 e. The van der Waals surface area contributed by atoms with E-state index in [-0.39, 0.29) is 31.3 Å². The molecule has 2 fully saturated rings. The molecule has 3 N–H and O–H groups in total. The molecule has 1 aromatic carbocycles. The van der Waals surface area contributed by atoms with E-state index in [2.05, 4.69) is 5.32 Å². The number of ether oxygens (including phenoxy) is 1. The predicted molar refractivity (Wildman–Crippen MR) is 138 cm³/mol. The van der Waals surface area contributed by atoms with Crippen LogP contribution in [-0.2, 0) is 14.3 Å². The molecule has 4 rings (SSSR count). The minimum absolute atomic E-state index is 0.0137. The number of likely N-dealkylation sites (tertiary alicyclic amines) is 1. The number of allylic oxidation sites excluding steroid dienone is 2. The highest BCUT2D eigenvalue weighted by molar-refractivity contribution is 5.93. The maximum atomic E-state index is 15.1. The van der Waals surface area contributed by atoms with Crippen LogP contribution in [0.25, 0.3) is 0 Å². The van der Waals surface area contributed by atoms with E-state index in [1.165, 1.54) is 11.0 Å². The summed E-state index contributed by atoms with van der Waals surface area (Å²) in [4.78, 5) is 42.4. The number of carbonyl (C=O) groups excluding carboxylic acids is 3. The molecule has 0 saturated carbocycles. The van der Waals surface area contributed by atoms with E-state index in [0.29, 0.717) is 24.4 Å². The van der Waals surface area contributed by atoms with Crippen LogP contribution in [0.5, 0.6) is 0 Å². The summed E-state index contributed by atoms with van der Waals surface area (Å²) >= 11 is 0. The number of amides is 3. The molecule has 8 nitrogen and oxygen atoms in total. The number of benzene rings is 1. The Morgan fingerprint density at radius 2 is 1.95 bits per heavy atom.